The van der Waals surface area contributed by atoms with Gasteiger partial charge in [-0.25, -0.2) is 12.8 Å². The Morgan fingerprint density at radius 2 is 2.11 bits per heavy atom. The van der Waals surface area contributed by atoms with Crippen LogP contribution in [0.25, 0.3) is 0 Å². The molecule has 0 heterocycles. The highest BCUT2D eigenvalue weighted by Crippen LogP contribution is 2.17. The lowest BCUT2D eigenvalue weighted by Crippen LogP contribution is -2.44. The molecular formula is C11H16FN3O3S. The van der Waals surface area contributed by atoms with E-state index in [-0.39, 0.29) is 5.69 Å². The third kappa shape index (κ3) is 3.90. The Labute approximate surface area is 111 Å². The second-order valence-electron chi connectivity index (χ2n) is 3.93. The number of nitrogens with two attached hydrogens (primary N) is 1. The summed E-state index contributed by atoms with van der Waals surface area (Å²) >= 11 is 0. The molecule has 0 fully saturated rings. The van der Waals surface area contributed by atoms with Gasteiger partial charge in [0.15, 0.2) is 0 Å². The molecular weight excluding hydrogens is 273 g/mol. The van der Waals surface area contributed by atoms with Crippen molar-refractivity contribution in [3.63, 3.8) is 0 Å². The molecule has 0 spiro atoms. The molecule has 0 aliphatic carbocycles. The maximum absolute atomic E-state index is 13.5. The molecule has 0 bridgehead atoms. The number of amides is 1. The monoisotopic (exact) mass is 289 g/mol. The van der Waals surface area contributed by atoms with Gasteiger partial charge in [0.05, 0.1) is 6.04 Å². The molecule has 6 nitrogen and oxygen atoms in total. The molecule has 0 aliphatic rings. The highest BCUT2D eigenvalue weighted by molar-refractivity contribution is 7.89. The highest BCUT2D eigenvalue weighted by atomic mass is 32.2. The van der Waals surface area contributed by atoms with E-state index >= 15 is 0 Å². The number of anilines is 1. The first kappa shape index (κ1) is 15.4. The van der Waals surface area contributed by atoms with Gasteiger partial charge in [-0.1, -0.05) is 0 Å². The molecule has 1 aromatic rings. The smallest absolute Gasteiger partial charge is 0.244 e. The summed E-state index contributed by atoms with van der Waals surface area (Å²) < 4.78 is 39.5. The standard InChI is InChI=1S/C11H16FN3O3S/c1-3-14-11(16)7(2)15-19(17,18)10-5-4-8(13)6-9(10)12/h4-7,15H,3,13H2,1-2H3,(H,14,16). The first-order chi connectivity index (χ1) is 8.77. The molecule has 1 aromatic carbocycles. The minimum Gasteiger partial charge on any atom is -0.399 e. The lowest BCUT2D eigenvalue weighted by molar-refractivity contribution is -0.122. The average molecular weight is 289 g/mol. The molecule has 0 aliphatic heterocycles. The zero-order valence-corrected chi connectivity index (χ0v) is 11.4. The van der Waals surface area contributed by atoms with Crippen molar-refractivity contribution < 1.29 is 17.6 Å². The Morgan fingerprint density at radius 3 is 2.63 bits per heavy atom. The van der Waals surface area contributed by atoms with E-state index in [4.69, 9.17) is 5.73 Å². The van der Waals surface area contributed by atoms with Crippen molar-refractivity contribution in [1.29, 1.82) is 0 Å². The zero-order valence-electron chi connectivity index (χ0n) is 10.6. The second kappa shape index (κ2) is 5.98. The van der Waals surface area contributed by atoms with Crippen molar-refractivity contribution in [1.82, 2.24) is 10.0 Å². The van der Waals surface area contributed by atoms with Crippen molar-refractivity contribution in [3.8, 4) is 0 Å². The van der Waals surface area contributed by atoms with Crippen LogP contribution in [0.4, 0.5) is 10.1 Å². The van der Waals surface area contributed by atoms with Gasteiger partial charge in [-0.15, -0.1) is 0 Å². The van der Waals surface area contributed by atoms with E-state index < -0.39 is 32.7 Å². The van der Waals surface area contributed by atoms with Crippen molar-refractivity contribution in [2.75, 3.05) is 12.3 Å². The van der Waals surface area contributed by atoms with Crippen LogP contribution >= 0.6 is 0 Å². The predicted molar refractivity (Wildman–Crippen MR) is 69.3 cm³/mol. The fourth-order valence-electron chi connectivity index (χ4n) is 1.41. The molecule has 8 heteroatoms. The molecule has 0 saturated carbocycles. The lowest BCUT2D eigenvalue weighted by atomic mass is 10.3. The Bertz CT molecular complexity index is 575. The number of likely N-dealkylation sites (N-methyl/N-ethyl adjacent to an activating group) is 1. The molecule has 1 rings (SSSR count). The van der Waals surface area contributed by atoms with Gasteiger partial charge < -0.3 is 11.1 Å². The number of benzene rings is 1. The number of hydrogen-bond acceptors (Lipinski definition) is 4. The number of carbonyl (C=O) groups is 1. The van der Waals surface area contributed by atoms with Crippen molar-refractivity contribution in [3.05, 3.63) is 24.0 Å². The Hall–Kier alpha value is -1.67. The number of nitrogens with one attached hydrogen (secondary N) is 2. The average Bonchev–Trinajstić information content (AvgIpc) is 2.27. The van der Waals surface area contributed by atoms with Crippen LogP contribution in [0.1, 0.15) is 13.8 Å². The van der Waals surface area contributed by atoms with E-state index in [0.717, 1.165) is 12.1 Å². The number of halogens is 1. The van der Waals surface area contributed by atoms with Crippen molar-refractivity contribution >= 4 is 21.6 Å². The second-order valence-corrected chi connectivity index (χ2v) is 5.61. The van der Waals surface area contributed by atoms with Crippen molar-refractivity contribution in [2.45, 2.75) is 24.8 Å². The minimum absolute atomic E-state index is 0.119. The number of carbonyl (C=O) groups excluding carboxylic acids is 1. The number of hydrogen-bond donors (Lipinski definition) is 3. The van der Waals surface area contributed by atoms with E-state index in [1.807, 2.05) is 0 Å². The predicted octanol–water partition coefficient (Wildman–Crippen LogP) is 0.211. The molecule has 4 N–H and O–H groups in total. The van der Waals surface area contributed by atoms with Crippen LogP contribution in [0, 0.1) is 5.82 Å². The summed E-state index contributed by atoms with van der Waals surface area (Å²) in [4.78, 5) is 10.9. The SMILES string of the molecule is CCNC(=O)C(C)NS(=O)(=O)c1ccc(N)cc1F. The summed E-state index contributed by atoms with van der Waals surface area (Å²) in [5, 5.41) is 2.46. The number of nitrogen functional groups attached to an aromatic ring is 1. The van der Waals surface area contributed by atoms with Crippen LogP contribution in [0.2, 0.25) is 0 Å². The molecule has 0 saturated heterocycles. The number of rotatable bonds is 5. The summed E-state index contributed by atoms with van der Waals surface area (Å²) in [5.74, 6) is -1.45. The van der Waals surface area contributed by atoms with Gasteiger partial charge in [0.25, 0.3) is 0 Å². The van der Waals surface area contributed by atoms with Crippen LogP contribution in [-0.2, 0) is 14.8 Å². The summed E-state index contributed by atoms with van der Waals surface area (Å²) in [7, 11) is -4.11. The fourth-order valence-corrected chi connectivity index (χ4v) is 2.67. The van der Waals surface area contributed by atoms with Crippen LogP contribution in [0.15, 0.2) is 23.1 Å². The largest absolute Gasteiger partial charge is 0.399 e. The van der Waals surface area contributed by atoms with Gasteiger partial charge in [-0.2, -0.15) is 4.72 Å². The minimum atomic E-state index is -4.11. The zero-order chi connectivity index (χ0) is 14.6. The van der Waals surface area contributed by atoms with Gasteiger partial charge in [0.1, 0.15) is 10.7 Å². The van der Waals surface area contributed by atoms with Gasteiger partial charge in [0, 0.05) is 12.2 Å². The van der Waals surface area contributed by atoms with Gasteiger partial charge in [0.2, 0.25) is 15.9 Å². The molecule has 1 unspecified atom stereocenters. The fraction of sp³-hybridized carbons (Fsp3) is 0.364. The third-order valence-electron chi connectivity index (χ3n) is 2.32. The quantitative estimate of drug-likeness (QED) is 0.674. The first-order valence-corrected chi connectivity index (χ1v) is 7.11. The van der Waals surface area contributed by atoms with E-state index in [1.165, 1.54) is 13.0 Å². The van der Waals surface area contributed by atoms with Crippen LogP contribution in [-0.4, -0.2) is 26.9 Å². The van der Waals surface area contributed by atoms with Crippen LogP contribution in [0.3, 0.4) is 0 Å². The maximum atomic E-state index is 13.5. The van der Waals surface area contributed by atoms with Gasteiger partial charge in [-0.05, 0) is 32.0 Å². The Kier molecular flexibility index (Phi) is 4.84. The third-order valence-corrected chi connectivity index (χ3v) is 3.90. The summed E-state index contributed by atoms with van der Waals surface area (Å²) in [6.07, 6.45) is 0. The lowest BCUT2D eigenvalue weighted by Gasteiger charge is -2.14. The topological polar surface area (TPSA) is 101 Å². The van der Waals surface area contributed by atoms with Crippen LogP contribution in [0.5, 0.6) is 0 Å². The van der Waals surface area contributed by atoms with Gasteiger partial charge in [-0.3, -0.25) is 4.79 Å². The molecule has 19 heavy (non-hydrogen) atoms. The molecule has 1 atom stereocenters. The summed E-state index contributed by atoms with van der Waals surface area (Å²) in [6.45, 7) is 3.46. The first-order valence-electron chi connectivity index (χ1n) is 5.63. The Morgan fingerprint density at radius 1 is 1.47 bits per heavy atom. The van der Waals surface area contributed by atoms with Crippen molar-refractivity contribution in [2.24, 2.45) is 0 Å². The molecule has 0 aromatic heterocycles. The Balaban J connectivity index is 2.95. The summed E-state index contributed by atoms with van der Waals surface area (Å²) in [6, 6.07) is 2.24. The van der Waals surface area contributed by atoms with E-state index in [0.29, 0.717) is 6.54 Å². The van der Waals surface area contributed by atoms with E-state index in [2.05, 4.69) is 10.0 Å². The highest BCUT2D eigenvalue weighted by Gasteiger charge is 2.24. The normalized spacial score (nSPS) is 13.0. The molecule has 1 amide bonds. The number of sulfonamides is 1. The maximum Gasteiger partial charge on any atom is 0.244 e. The summed E-state index contributed by atoms with van der Waals surface area (Å²) in [5.41, 5.74) is 5.46. The molecule has 0 radical (unpaired) electrons. The van der Waals surface area contributed by atoms with Gasteiger partial charge >= 0.3 is 0 Å². The molecule has 106 valence electrons. The van der Waals surface area contributed by atoms with E-state index in [9.17, 15) is 17.6 Å². The van der Waals surface area contributed by atoms with E-state index in [1.54, 1.807) is 6.92 Å². The van der Waals surface area contributed by atoms with Crippen LogP contribution < -0.4 is 15.8 Å².